The van der Waals surface area contributed by atoms with Gasteiger partial charge in [0.25, 0.3) is 0 Å². The summed E-state index contributed by atoms with van der Waals surface area (Å²) >= 11 is 0. The molecule has 1 aliphatic rings. The third kappa shape index (κ3) is 3.22. The Morgan fingerprint density at radius 1 is 1.10 bits per heavy atom. The van der Waals surface area contributed by atoms with Gasteiger partial charge in [0.05, 0.1) is 17.2 Å². The number of carbonyl (C=O) groups is 1. The zero-order chi connectivity index (χ0) is 14.8. The molecule has 0 radical (unpaired) electrons. The first kappa shape index (κ1) is 14.0. The van der Waals surface area contributed by atoms with Crippen molar-refractivity contribution in [2.45, 2.75) is 28.9 Å². The summed E-state index contributed by atoms with van der Waals surface area (Å²) in [5, 5.41) is 8.92. The quantitative estimate of drug-likeness (QED) is 0.923. The molecular weight excluding hydrogens is 284 g/mol. The van der Waals surface area contributed by atoms with Crippen molar-refractivity contribution in [2.75, 3.05) is 0 Å². The summed E-state index contributed by atoms with van der Waals surface area (Å²) in [6.45, 7) is 0. The van der Waals surface area contributed by atoms with Gasteiger partial charge in [0, 0.05) is 10.1 Å². The summed E-state index contributed by atoms with van der Waals surface area (Å²) in [7, 11) is -1.02. The van der Waals surface area contributed by atoms with Crippen LogP contribution in [0.25, 0.3) is 0 Å². The molecule has 0 spiro atoms. The lowest BCUT2D eigenvalue weighted by molar-refractivity contribution is -0.136. The lowest BCUT2D eigenvalue weighted by Gasteiger charge is -2.04. The minimum absolute atomic E-state index is 0.00296. The van der Waals surface area contributed by atoms with Crippen molar-refractivity contribution in [3.05, 3.63) is 65.7 Å². The van der Waals surface area contributed by atoms with Crippen molar-refractivity contribution >= 4 is 16.8 Å². The van der Waals surface area contributed by atoms with Crippen LogP contribution in [0.2, 0.25) is 0 Å². The van der Waals surface area contributed by atoms with E-state index in [-0.39, 0.29) is 11.7 Å². The van der Waals surface area contributed by atoms with Crippen molar-refractivity contribution in [2.24, 2.45) is 0 Å². The number of benzene rings is 2. The van der Waals surface area contributed by atoms with E-state index >= 15 is 0 Å². The van der Waals surface area contributed by atoms with Crippen LogP contribution < -0.4 is 0 Å². The fourth-order valence-electron chi connectivity index (χ4n) is 2.55. The molecule has 0 amide bonds. The van der Waals surface area contributed by atoms with E-state index in [1.54, 1.807) is 24.3 Å². The fraction of sp³-hybridized carbons (Fsp3) is 0.235. The molecule has 2 aromatic carbocycles. The van der Waals surface area contributed by atoms with Gasteiger partial charge in [-0.3, -0.25) is 9.00 Å². The number of rotatable bonds is 5. The molecule has 0 aromatic heterocycles. The van der Waals surface area contributed by atoms with Gasteiger partial charge in [0.2, 0.25) is 0 Å². The highest BCUT2D eigenvalue weighted by molar-refractivity contribution is 7.86. The molecule has 0 bridgehead atoms. The molecule has 3 rings (SSSR count). The maximum atomic E-state index is 12.5. The standard InChI is InChI=1S/C17H16O3S/c18-17(19)10-12-6-8-14(9-7-12)21(20)16-11-15(16)13-4-2-1-3-5-13/h1-9,15-16H,10-11H2,(H,18,19). The van der Waals surface area contributed by atoms with Crippen molar-refractivity contribution < 1.29 is 14.1 Å². The second kappa shape index (κ2) is 5.82. The average Bonchev–Trinajstić information content (AvgIpc) is 3.28. The lowest BCUT2D eigenvalue weighted by atomic mass is 10.1. The normalized spacial score (nSPS) is 21.7. The van der Waals surface area contributed by atoms with E-state index in [0.29, 0.717) is 5.92 Å². The van der Waals surface area contributed by atoms with Gasteiger partial charge in [-0.25, -0.2) is 0 Å². The number of hydrogen-bond donors (Lipinski definition) is 1. The average molecular weight is 300 g/mol. The third-order valence-corrected chi connectivity index (χ3v) is 5.55. The minimum Gasteiger partial charge on any atom is -0.481 e. The second-order valence-electron chi connectivity index (χ2n) is 5.30. The Bertz CT molecular complexity index is 664. The highest BCUT2D eigenvalue weighted by Gasteiger charge is 2.43. The predicted molar refractivity (Wildman–Crippen MR) is 81.8 cm³/mol. The third-order valence-electron chi connectivity index (χ3n) is 3.75. The molecule has 2 aromatic rings. The minimum atomic E-state index is -1.02. The molecule has 1 N–H and O–H groups in total. The van der Waals surface area contributed by atoms with E-state index in [4.69, 9.17) is 5.11 Å². The molecule has 0 heterocycles. The summed E-state index contributed by atoms with van der Waals surface area (Å²) < 4.78 is 12.5. The van der Waals surface area contributed by atoms with Gasteiger partial charge in [-0.2, -0.15) is 0 Å². The molecule has 3 nitrogen and oxygen atoms in total. The molecular formula is C17H16O3S. The Labute approximate surface area is 126 Å². The van der Waals surface area contributed by atoms with Crippen LogP contribution in [0.3, 0.4) is 0 Å². The first-order chi connectivity index (χ1) is 10.1. The molecule has 108 valence electrons. The van der Waals surface area contributed by atoms with E-state index in [1.807, 2.05) is 18.2 Å². The molecule has 3 unspecified atom stereocenters. The topological polar surface area (TPSA) is 54.4 Å². The van der Waals surface area contributed by atoms with Gasteiger partial charge >= 0.3 is 5.97 Å². The highest BCUT2D eigenvalue weighted by atomic mass is 32.2. The van der Waals surface area contributed by atoms with E-state index < -0.39 is 16.8 Å². The lowest BCUT2D eigenvalue weighted by Crippen LogP contribution is -2.02. The Morgan fingerprint density at radius 3 is 2.38 bits per heavy atom. The Kier molecular flexibility index (Phi) is 3.88. The van der Waals surface area contributed by atoms with Gasteiger partial charge in [0.1, 0.15) is 0 Å². The Morgan fingerprint density at radius 2 is 1.76 bits per heavy atom. The van der Waals surface area contributed by atoms with Crippen LogP contribution in [0.1, 0.15) is 23.5 Å². The van der Waals surface area contributed by atoms with Crippen molar-refractivity contribution in [1.29, 1.82) is 0 Å². The van der Waals surface area contributed by atoms with Crippen LogP contribution in [-0.4, -0.2) is 20.5 Å². The molecule has 0 saturated heterocycles. The van der Waals surface area contributed by atoms with Crippen molar-refractivity contribution in [3.8, 4) is 0 Å². The molecule has 21 heavy (non-hydrogen) atoms. The summed E-state index contributed by atoms with van der Waals surface area (Å²) in [5.74, 6) is -0.471. The Balaban J connectivity index is 1.68. The maximum absolute atomic E-state index is 12.5. The second-order valence-corrected chi connectivity index (χ2v) is 6.97. The Hall–Kier alpha value is -1.94. The molecule has 3 atom stereocenters. The van der Waals surface area contributed by atoms with Crippen molar-refractivity contribution in [1.82, 2.24) is 0 Å². The molecule has 4 heteroatoms. The van der Waals surface area contributed by atoms with E-state index in [0.717, 1.165) is 16.9 Å². The van der Waals surface area contributed by atoms with Crippen LogP contribution in [0.15, 0.2) is 59.5 Å². The van der Waals surface area contributed by atoms with Crippen LogP contribution in [-0.2, 0) is 22.0 Å². The van der Waals surface area contributed by atoms with E-state index in [9.17, 15) is 9.00 Å². The molecule has 0 aliphatic heterocycles. The summed E-state index contributed by atoms with van der Waals surface area (Å²) in [6, 6.07) is 17.2. The smallest absolute Gasteiger partial charge is 0.307 e. The van der Waals surface area contributed by atoms with Crippen molar-refractivity contribution in [3.63, 3.8) is 0 Å². The summed E-state index contributed by atoms with van der Waals surface area (Å²) in [5.41, 5.74) is 1.98. The number of hydrogen-bond acceptors (Lipinski definition) is 2. The largest absolute Gasteiger partial charge is 0.481 e. The van der Waals surface area contributed by atoms with E-state index in [1.165, 1.54) is 5.56 Å². The number of aliphatic carboxylic acids is 1. The van der Waals surface area contributed by atoms with Gasteiger partial charge in [-0.1, -0.05) is 42.5 Å². The number of carboxylic acids is 1. The zero-order valence-electron chi connectivity index (χ0n) is 11.4. The predicted octanol–water partition coefficient (Wildman–Crippen LogP) is 2.98. The zero-order valence-corrected chi connectivity index (χ0v) is 12.3. The SMILES string of the molecule is O=C(O)Cc1ccc(S(=O)C2CC2c2ccccc2)cc1. The van der Waals surface area contributed by atoms with Crippen LogP contribution in [0.5, 0.6) is 0 Å². The van der Waals surface area contributed by atoms with E-state index in [2.05, 4.69) is 12.1 Å². The van der Waals surface area contributed by atoms with Gasteiger partial charge in [-0.15, -0.1) is 0 Å². The van der Waals surface area contributed by atoms with Gasteiger partial charge < -0.3 is 5.11 Å². The highest BCUT2D eigenvalue weighted by Crippen LogP contribution is 2.46. The maximum Gasteiger partial charge on any atom is 0.307 e. The molecule has 1 fully saturated rings. The summed E-state index contributed by atoms with van der Waals surface area (Å²) in [4.78, 5) is 11.4. The molecule has 1 saturated carbocycles. The van der Waals surface area contributed by atoms with Gasteiger partial charge in [-0.05, 0) is 35.6 Å². The monoisotopic (exact) mass is 300 g/mol. The van der Waals surface area contributed by atoms with Gasteiger partial charge in [0.15, 0.2) is 0 Å². The first-order valence-corrected chi connectivity index (χ1v) is 8.12. The summed E-state index contributed by atoms with van der Waals surface area (Å²) in [6.07, 6.45) is 0.955. The van der Waals surface area contributed by atoms with Crippen LogP contribution in [0, 0.1) is 0 Å². The number of carboxylic acid groups (broad SMARTS) is 1. The molecule has 1 aliphatic carbocycles. The van der Waals surface area contributed by atoms with Crippen LogP contribution >= 0.6 is 0 Å². The fourth-order valence-corrected chi connectivity index (χ4v) is 4.14. The first-order valence-electron chi connectivity index (χ1n) is 6.91. The van der Waals surface area contributed by atoms with Crippen LogP contribution in [0.4, 0.5) is 0 Å².